The van der Waals surface area contributed by atoms with Crippen molar-refractivity contribution in [3.63, 3.8) is 0 Å². The lowest BCUT2D eigenvalue weighted by molar-refractivity contribution is 0.0850. The number of hydrogen-bond acceptors (Lipinski definition) is 4. The Balaban J connectivity index is 3.61. The number of hydrogen-bond donors (Lipinski definition) is 2. The topological polar surface area (TPSA) is 83.8 Å². The van der Waals surface area contributed by atoms with Crippen molar-refractivity contribution in [3.8, 4) is 0 Å². The highest BCUT2D eigenvalue weighted by Crippen LogP contribution is 2.10. The van der Waals surface area contributed by atoms with E-state index in [1.807, 2.05) is 6.92 Å². The van der Waals surface area contributed by atoms with Gasteiger partial charge < -0.3 is 5.11 Å². The fraction of sp³-hybridized carbons (Fsp3) is 0.800. The van der Waals surface area contributed by atoms with Gasteiger partial charge in [-0.3, -0.25) is 4.55 Å². The lowest BCUT2D eigenvalue weighted by Crippen LogP contribution is -2.09. The molecule has 0 rings (SSSR count). The van der Waals surface area contributed by atoms with Crippen LogP contribution in [-0.4, -0.2) is 18.1 Å². The van der Waals surface area contributed by atoms with Crippen molar-refractivity contribution in [1.82, 2.24) is 0 Å². The molecule has 67 valence electrons. The van der Waals surface area contributed by atoms with E-state index in [0.29, 0.717) is 6.42 Å². The average Bonchev–Trinajstić information content (AvgIpc) is 1.79. The maximum Gasteiger partial charge on any atom is 0.400 e. The molecule has 0 atom stereocenters. The summed E-state index contributed by atoms with van der Waals surface area (Å²) in [5.74, 6) is 0. The second-order valence-electron chi connectivity index (χ2n) is 2.01. The third-order valence-electron chi connectivity index (χ3n) is 0.946. The number of rotatable bonds is 5. The van der Waals surface area contributed by atoms with E-state index in [2.05, 4.69) is 4.18 Å². The molecule has 0 aliphatic heterocycles. The molecule has 0 aromatic rings. The maximum absolute atomic E-state index is 9.96. The number of aliphatic hydroxyl groups excluding tert-OH is 1. The molecule has 0 aromatic heterocycles. The molecule has 6 heteroatoms. The van der Waals surface area contributed by atoms with Crippen molar-refractivity contribution in [3.05, 3.63) is 6.29 Å². The summed E-state index contributed by atoms with van der Waals surface area (Å²) in [5, 5.41) is 8.67. The van der Waals surface area contributed by atoms with Gasteiger partial charge in [-0.15, -0.1) is 0 Å². The molecular formula is C5H11O5S. The van der Waals surface area contributed by atoms with Gasteiger partial charge in [0.05, 0.1) is 0 Å². The lowest BCUT2D eigenvalue weighted by atomic mass is 10.2. The molecule has 0 aliphatic rings. The van der Waals surface area contributed by atoms with Crippen molar-refractivity contribution in [2.75, 3.05) is 0 Å². The summed E-state index contributed by atoms with van der Waals surface area (Å²) < 4.78 is 31.7. The smallest absolute Gasteiger partial charge is 0.360 e. The van der Waals surface area contributed by atoms with Crippen LogP contribution in [0.2, 0.25) is 0 Å². The first-order valence-corrected chi connectivity index (χ1v) is 4.54. The van der Waals surface area contributed by atoms with Gasteiger partial charge in [-0.2, -0.15) is 8.42 Å². The SMILES string of the molecule is CCCC[C](O)OS(=O)(=O)O. The van der Waals surface area contributed by atoms with E-state index in [-0.39, 0.29) is 6.42 Å². The van der Waals surface area contributed by atoms with E-state index in [4.69, 9.17) is 9.66 Å². The minimum atomic E-state index is -4.54. The Morgan fingerprint density at radius 1 is 1.55 bits per heavy atom. The lowest BCUT2D eigenvalue weighted by Gasteiger charge is -2.04. The quantitative estimate of drug-likeness (QED) is 0.617. The van der Waals surface area contributed by atoms with Crippen LogP contribution in [0.3, 0.4) is 0 Å². The summed E-state index contributed by atoms with van der Waals surface area (Å²) in [4.78, 5) is 0. The normalized spacial score (nSPS) is 12.4. The summed E-state index contributed by atoms with van der Waals surface area (Å²) in [6.07, 6.45) is 0.866. The molecule has 0 bridgehead atoms. The zero-order valence-corrected chi connectivity index (χ0v) is 6.97. The number of aliphatic hydroxyl groups is 1. The van der Waals surface area contributed by atoms with Crippen LogP contribution < -0.4 is 0 Å². The number of unbranched alkanes of at least 4 members (excludes halogenated alkanes) is 1. The van der Waals surface area contributed by atoms with Crippen LogP contribution in [0.4, 0.5) is 0 Å². The predicted molar refractivity (Wildman–Crippen MR) is 37.3 cm³/mol. The molecule has 0 saturated heterocycles. The van der Waals surface area contributed by atoms with Gasteiger partial charge in [0.1, 0.15) is 0 Å². The zero-order chi connectivity index (χ0) is 8.91. The van der Waals surface area contributed by atoms with Crippen molar-refractivity contribution in [1.29, 1.82) is 0 Å². The minimum absolute atomic E-state index is 0.121. The van der Waals surface area contributed by atoms with Crippen molar-refractivity contribution < 1.29 is 22.3 Å². The molecule has 1 radical (unpaired) electrons. The Hall–Kier alpha value is -0.170. The Bertz CT molecular complexity index is 185. The van der Waals surface area contributed by atoms with E-state index in [1.54, 1.807) is 0 Å². The van der Waals surface area contributed by atoms with Crippen molar-refractivity contribution in [2.45, 2.75) is 26.2 Å². The van der Waals surface area contributed by atoms with Gasteiger partial charge in [0.25, 0.3) is 0 Å². The molecule has 0 saturated carbocycles. The molecule has 0 aromatic carbocycles. The Morgan fingerprint density at radius 3 is 2.45 bits per heavy atom. The highest BCUT2D eigenvalue weighted by molar-refractivity contribution is 7.81. The summed E-state index contributed by atoms with van der Waals surface area (Å²) >= 11 is 0. The standard InChI is InChI=1S/C5H11O5S/c1-2-3-4-5(6)10-11(7,8)9/h6H,2-4H2,1H3,(H,7,8,9). The van der Waals surface area contributed by atoms with E-state index < -0.39 is 16.7 Å². The van der Waals surface area contributed by atoms with Crippen LogP contribution in [0.25, 0.3) is 0 Å². The monoisotopic (exact) mass is 183 g/mol. The minimum Gasteiger partial charge on any atom is -0.360 e. The van der Waals surface area contributed by atoms with Crippen molar-refractivity contribution >= 4 is 10.4 Å². The predicted octanol–water partition coefficient (Wildman–Crippen LogP) is 0.858. The van der Waals surface area contributed by atoms with Gasteiger partial charge in [0, 0.05) is 6.42 Å². The molecule has 0 fully saturated rings. The fourth-order valence-corrected chi connectivity index (χ4v) is 0.818. The van der Waals surface area contributed by atoms with Crippen LogP contribution in [0.1, 0.15) is 26.2 Å². The molecule has 5 nitrogen and oxygen atoms in total. The molecule has 0 aliphatic carbocycles. The molecule has 0 unspecified atom stereocenters. The van der Waals surface area contributed by atoms with E-state index >= 15 is 0 Å². The molecule has 11 heavy (non-hydrogen) atoms. The van der Waals surface area contributed by atoms with Crippen molar-refractivity contribution in [2.24, 2.45) is 0 Å². The average molecular weight is 183 g/mol. The second kappa shape index (κ2) is 4.66. The van der Waals surface area contributed by atoms with Gasteiger partial charge >= 0.3 is 10.4 Å². The maximum atomic E-state index is 9.96. The van der Waals surface area contributed by atoms with Crippen LogP contribution in [0.5, 0.6) is 0 Å². The largest absolute Gasteiger partial charge is 0.400 e. The van der Waals surface area contributed by atoms with E-state index in [0.717, 1.165) is 6.42 Å². The zero-order valence-electron chi connectivity index (χ0n) is 6.15. The van der Waals surface area contributed by atoms with Gasteiger partial charge in [-0.1, -0.05) is 13.3 Å². The van der Waals surface area contributed by atoms with E-state index in [9.17, 15) is 8.42 Å². The van der Waals surface area contributed by atoms with Crippen LogP contribution in [-0.2, 0) is 14.6 Å². The van der Waals surface area contributed by atoms with Crippen LogP contribution in [0.15, 0.2) is 0 Å². The van der Waals surface area contributed by atoms with E-state index in [1.165, 1.54) is 0 Å². The summed E-state index contributed by atoms with van der Waals surface area (Å²) in [5.41, 5.74) is 0. The first kappa shape index (κ1) is 10.8. The molecule has 0 amide bonds. The molecule has 2 N–H and O–H groups in total. The summed E-state index contributed by atoms with van der Waals surface area (Å²) in [6, 6.07) is 0. The second-order valence-corrected chi connectivity index (χ2v) is 3.03. The Kier molecular flexibility index (Phi) is 4.58. The summed E-state index contributed by atoms with van der Waals surface area (Å²) in [7, 11) is -4.54. The Morgan fingerprint density at radius 2 is 2.09 bits per heavy atom. The third-order valence-corrected chi connectivity index (χ3v) is 1.35. The highest BCUT2D eigenvalue weighted by atomic mass is 32.3. The first-order valence-electron chi connectivity index (χ1n) is 3.17. The van der Waals surface area contributed by atoms with Gasteiger partial charge in [0.2, 0.25) is 6.29 Å². The Labute approximate surface area is 65.9 Å². The van der Waals surface area contributed by atoms with Gasteiger partial charge in [-0.05, 0) is 6.42 Å². The molecule has 0 heterocycles. The van der Waals surface area contributed by atoms with Crippen LogP contribution in [0, 0.1) is 6.29 Å². The van der Waals surface area contributed by atoms with Gasteiger partial charge in [0.15, 0.2) is 0 Å². The third kappa shape index (κ3) is 7.73. The van der Waals surface area contributed by atoms with Crippen LogP contribution >= 0.6 is 0 Å². The molecular weight excluding hydrogens is 172 g/mol. The fourth-order valence-electron chi connectivity index (χ4n) is 0.491. The van der Waals surface area contributed by atoms with Gasteiger partial charge in [-0.25, -0.2) is 4.18 Å². The highest BCUT2D eigenvalue weighted by Gasteiger charge is 2.14. The first-order chi connectivity index (χ1) is 4.95. The summed E-state index contributed by atoms with van der Waals surface area (Å²) in [6.45, 7) is 1.88. The molecule has 0 spiro atoms.